The van der Waals surface area contributed by atoms with E-state index in [0.29, 0.717) is 31.9 Å². The van der Waals surface area contributed by atoms with Crippen LogP contribution in [0.25, 0.3) is 0 Å². The van der Waals surface area contributed by atoms with Crippen LogP contribution in [0.2, 0.25) is 0 Å². The summed E-state index contributed by atoms with van der Waals surface area (Å²) in [6.07, 6.45) is 1.91. The lowest BCUT2D eigenvalue weighted by atomic mass is 10.1. The fourth-order valence-electron chi connectivity index (χ4n) is 1.71. The van der Waals surface area contributed by atoms with E-state index in [2.05, 4.69) is 5.32 Å². The quantitative estimate of drug-likeness (QED) is 0.757. The monoisotopic (exact) mass is 285 g/mol. The van der Waals surface area contributed by atoms with E-state index >= 15 is 0 Å². The number of amides is 1. The van der Waals surface area contributed by atoms with Crippen molar-refractivity contribution in [3.8, 4) is 0 Å². The predicted octanol–water partition coefficient (Wildman–Crippen LogP) is 2.65. The number of unbranched alkanes of at least 4 members (excludes halogenated alkanes) is 2. The van der Waals surface area contributed by atoms with Gasteiger partial charge in [0, 0.05) is 19.0 Å². The molecule has 0 radical (unpaired) electrons. The van der Waals surface area contributed by atoms with Crippen LogP contribution in [0.1, 0.15) is 41.6 Å². The second-order valence-electron chi connectivity index (χ2n) is 4.54. The summed E-state index contributed by atoms with van der Waals surface area (Å²) in [5, 5.41) is 11.0. The Balaban J connectivity index is 2.40. The van der Waals surface area contributed by atoms with Crippen molar-refractivity contribution < 1.29 is 23.5 Å². The van der Waals surface area contributed by atoms with Crippen LogP contribution >= 0.6 is 0 Å². The number of benzene rings is 1. The van der Waals surface area contributed by atoms with Gasteiger partial charge in [0.25, 0.3) is 5.91 Å². The van der Waals surface area contributed by atoms with Crippen LogP contribution in [0.15, 0.2) is 12.1 Å². The van der Waals surface area contributed by atoms with Crippen molar-refractivity contribution in [1.82, 2.24) is 5.32 Å². The molecule has 4 nitrogen and oxygen atoms in total. The number of aryl methyl sites for hydroxylation is 1. The number of hydrogen-bond acceptors (Lipinski definition) is 2. The lowest BCUT2D eigenvalue weighted by Gasteiger charge is -2.07. The van der Waals surface area contributed by atoms with Crippen LogP contribution in [0.5, 0.6) is 0 Å². The molecule has 0 bridgehead atoms. The van der Waals surface area contributed by atoms with Crippen molar-refractivity contribution in [3.63, 3.8) is 0 Å². The van der Waals surface area contributed by atoms with Crippen LogP contribution in [0, 0.1) is 18.6 Å². The molecule has 0 saturated carbocycles. The first-order valence-corrected chi connectivity index (χ1v) is 6.37. The fourth-order valence-corrected chi connectivity index (χ4v) is 1.71. The van der Waals surface area contributed by atoms with Crippen LogP contribution in [0.4, 0.5) is 8.78 Å². The first kappa shape index (κ1) is 16.1. The summed E-state index contributed by atoms with van der Waals surface area (Å²) in [6.45, 7) is 1.78. The number of nitrogens with one attached hydrogen (secondary N) is 1. The van der Waals surface area contributed by atoms with Gasteiger partial charge in [-0.2, -0.15) is 0 Å². The fraction of sp³-hybridized carbons (Fsp3) is 0.429. The molecule has 1 rings (SSSR count). The van der Waals surface area contributed by atoms with E-state index in [0.717, 1.165) is 0 Å². The normalized spacial score (nSPS) is 10.3. The lowest BCUT2D eigenvalue weighted by molar-refractivity contribution is -0.137. The molecule has 1 amide bonds. The molecule has 6 heteroatoms. The van der Waals surface area contributed by atoms with Crippen LogP contribution in [-0.4, -0.2) is 23.5 Å². The molecule has 0 heterocycles. The maximum Gasteiger partial charge on any atom is 0.303 e. The smallest absolute Gasteiger partial charge is 0.303 e. The van der Waals surface area contributed by atoms with Gasteiger partial charge in [0.2, 0.25) is 0 Å². The number of carboxylic acid groups (broad SMARTS) is 1. The molecule has 2 N–H and O–H groups in total. The Kier molecular flexibility index (Phi) is 6.09. The van der Waals surface area contributed by atoms with Gasteiger partial charge in [-0.05, 0) is 31.4 Å². The topological polar surface area (TPSA) is 66.4 Å². The highest BCUT2D eigenvalue weighted by molar-refractivity contribution is 5.94. The van der Waals surface area contributed by atoms with Gasteiger partial charge < -0.3 is 10.4 Å². The Bertz CT molecular complexity index is 503. The summed E-state index contributed by atoms with van der Waals surface area (Å²) >= 11 is 0. The zero-order valence-corrected chi connectivity index (χ0v) is 11.2. The van der Waals surface area contributed by atoms with Crippen molar-refractivity contribution in [2.45, 2.75) is 32.6 Å². The standard InChI is InChI=1S/C14H17F2NO3/c1-9-7-10(12(16)8-11(9)15)14(20)17-6-4-2-3-5-13(18)19/h7-8H,2-6H2,1H3,(H,17,20)(H,18,19). The molecule has 0 aromatic heterocycles. The number of rotatable bonds is 7. The minimum Gasteiger partial charge on any atom is -0.481 e. The van der Waals surface area contributed by atoms with Gasteiger partial charge in [-0.3, -0.25) is 9.59 Å². The number of aliphatic carboxylic acids is 1. The highest BCUT2D eigenvalue weighted by atomic mass is 19.1. The van der Waals surface area contributed by atoms with Crippen molar-refractivity contribution in [2.24, 2.45) is 0 Å². The maximum absolute atomic E-state index is 13.4. The van der Waals surface area contributed by atoms with Gasteiger partial charge in [0.05, 0.1) is 5.56 Å². The van der Waals surface area contributed by atoms with Gasteiger partial charge in [-0.1, -0.05) is 6.42 Å². The van der Waals surface area contributed by atoms with Crippen molar-refractivity contribution >= 4 is 11.9 Å². The number of halogens is 2. The first-order chi connectivity index (χ1) is 9.41. The third-order valence-corrected chi connectivity index (χ3v) is 2.85. The van der Waals surface area contributed by atoms with E-state index in [1.165, 1.54) is 13.0 Å². The zero-order valence-electron chi connectivity index (χ0n) is 11.2. The van der Waals surface area contributed by atoms with E-state index in [1.54, 1.807) is 0 Å². The largest absolute Gasteiger partial charge is 0.481 e. The minimum atomic E-state index is -0.892. The summed E-state index contributed by atoms with van der Waals surface area (Å²) in [5.41, 5.74) is 0.0208. The second-order valence-corrected chi connectivity index (χ2v) is 4.54. The molecular weight excluding hydrogens is 268 g/mol. The molecule has 0 aliphatic carbocycles. The molecule has 0 aliphatic heterocycles. The third kappa shape index (κ3) is 4.95. The van der Waals surface area contributed by atoms with Gasteiger partial charge in [-0.25, -0.2) is 8.78 Å². The molecule has 20 heavy (non-hydrogen) atoms. The van der Waals surface area contributed by atoms with Crippen LogP contribution < -0.4 is 5.32 Å². The zero-order chi connectivity index (χ0) is 15.1. The number of carboxylic acids is 1. The van der Waals surface area contributed by atoms with E-state index in [-0.39, 0.29) is 17.5 Å². The summed E-state index contributed by atoms with van der Waals surface area (Å²) in [6, 6.07) is 1.86. The SMILES string of the molecule is Cc1cc(C(=O)NCCCCCC(=O)O)c(F)cc1F. The van der Waals surface area contributed by atoms with Crippen molar-refractivity contribution in [1.29, 1.82) is 0 Å². The molecule has 1 aromatic carbocycles. The highest BCUT2D eigenvalue weighted by Crippen LogP contribution is 2.14. The number of hydrogen-bond donors (Lipinski definition) is 2. The number of carbonyl (C=O) groups excluding carboxylic acids is 1. The Morgan fingerprint density at radius 2 is 1.85 bits per heavy atom. The highest BCUT2D eigenvalue weighted by Gasteiger charge is 2.13. The van der Waals surface area contributed by atoms with Crippen LogP contribution in [0.3, 0.4) is 0 Å². The van der Waals surface area contributed by atoms with Gasteiger partial charge in [0.15, 0.2) is 0 Å². The minimum absolute atomic E-state index is 0.0970. The van der Waals surface area contributed by atoms with Gasteiger partial charge >= 0.3 is 5.97 Å². The Morgan fingerprint density at radius 1 is 1.15 bits per heavy atom. The molecule has 0 unspecified atom stereocenters. The second kappa shape index (κ2) is 7.57. The molecule has 0 saturated heterocycles. The predicted molar refractivity (Wildman–Crippen MR) is 69.5 cm³/mol. The van der Waals surface area contributed by atoms with Crippen molar-refractivity contribution in [3.05, 3.63) is 34.9 Å². The molecule has 1 aromatic rings. The Labute approximate surface area is 115 Å². The Morgan fingerprint density at radius 3 is 2.50 bits per heavy atom. The molecule has 0 atom stereocenters. The third-order valence-electron chi connectivity index (χ3n) is 2.85. The molecule has 110 valence electrons. The molecule has 0 fully saturated rings. The van der Waals surface area contributed by atoms with Crippen LogP contribution in [-0.2, 0) is 4.79 Å². The average molecular weight is 285 g/mol. The molecule has 0 spiro atoms. The maximum atomic E-state index is 13.4. The Hall–Kier alpha value is -1.98. The summed E-state index contributed by atoms with van der Waals surface area (Å²) in [4.78, 5) is 22.0. The summed E-state index contributed by atoms with van der Waals surface area (Å²) in [5.74, 6) is -3.02. The van der Waals surface area contributed by atoms with E-state index in [4.69, 9.17) is 5.11 Å². The van der Waals surface area contributed by atoms with E-state index in [1.807, 2.05) is 0 Å². The summed E-state index contributed by atoms with van der Waals surface area (Å²) < 4.78 is 26.5. The van der Waals surface area contributed by atoms with Crippen molar-refractivity contribution in [2.75, 3.05) is 6.54 Å². The lowest BCUT2D eigenvalue weighted by Crippen LogP contribution is -2.25. The average Bonchev–Trinajstić information content (AvgIpc) is 2.37. The number of carbonyl (C=O) groups is 2. The van der Waals surface area contributed by atoms with Gasteiger partial charge in [0.1, 0.15) is 11.6 Å². The first-order valence-electron chi connectivity index (χ1n) is 6.37. The molecule has 0 aliphatic rings. The van der Waals surface area contributed by atoms with Gasteiger partial charge in [-0.15, -0.1) is 0 Å². The van der Waals surface area contributed by atoms with E-state index in [9.17, 15) is 18.4 Å². The summed E-state index contributed by atoms with van der Waals surface area (Å²) in [7, 11) is 0. The van der Waals surface area contributed by atoms with E-state index < -0.39 is 23.5 Å². The molecular formula is C14H17F2NO3.